The average molecular weight is 389 g/mol. The van der Waals surface area contributed by atoms with E-state index in [1.165, 1.54) is 18.4 Å². The number of ether oxygens (including phenoxy) is 1. The fourth-order valence-corrected chi connectivity index (χ4v) is 3.40. The van der Waals surface area contributed by atoms with Gasteiger partial charge in [-0.05, 0) is 23.9 Å². The molecule has 2 unspecified atom stereocenters. The average Bonchev–Trinajstić information content (AvgIpc) is 3.15. The summed E-state index contributed by atoms with van der Waals surface area (Å²) >= 11 is 1.42. The van der Waals surface area contributed by atoms with Crippen molar-refractivity contribution in [1.82, 2.24) is 10.6 Å². The van der Waals surface area contributed by atoms with Gasteiger partial charge in [-0.1, -0.05) is 35.9 Å². The standard InChI is InChI=1S/C19H23N3O4S/c1-12-5-7-13(8-6-12)14(11-18(24)26-2)21-17(23)10-15(22-19(20)25)16-4-3-9-27-16/h3-9,14-15H,10-11H2,1-2H3,(H,21,23)(H3,20,22,25). The summed E-state index contributed by atoms with van der Waals surface area (Å²) in [6.45, 7) is 1.96. The maximum atomic E-state index is 12.6. The lowest BCUT2D eigenvalue weighted by atomic mass is 10.0. The number of hydrogen-bond donors (Lipinski definition) is 3. The van der Waals surface area contributed by atoms with Gasteiger partial charge in [0, 0.05) is 4.88 Å². The highest BCUT2D eigenvalue weighted by Crippen LogP contribution is 2.23. The van der Waals surface area contributed by atoms with Crippen molar-refractivity contribution in [3.05, 3.63) is 57.8 Å². The Labute approximate surface area is 161 Å². The Morgan fingerprint density at radius 2 is 1.78 bits per heavy atom. The van der Waals surface area contributed by atoms with E-state index in [4.69, 9.17) is 10.5 Å². The molecule has 0 radical (unpaired) electrons. The number of urea groups is 1. The first-order chi connectivity index (χ1) is 12.9. The number of benzene rings is 1. The minimum absolute atomic E-state index is 0.00693. The molecule has 1 aromatic carbocycles. The first kappa shape index (κ1) is 20.4. The highest BCUT2D eigenvalue weighted by Gasteiger charge is 2.23. The molecule has 2 atom stereocenters. The van der Waals surface area contributed by atoms with Gasteiger partial charge in [0.15, 0.2) is 0 Å². The number of rotatable bonds is 8. The summed E-state index contributed by atoms with van der Waals surface area (Å²) in [6.07, 6.45) is 0.0191. The molecule has 8 heteroatoms. The molecule has 27 heavy (non-hydrogen) atoms. The molecule has 0 bridgehead atoms. The van der Waals surface area contributed by atoms with Crippen LogP contribution >= 0.6 is 11.3 Å². The second-order valence-electron chi connectivity index (χ2n) is 6.09. The number of nitrogens with one attached hydrogen (secondary N) is 2. The summed E-state index contributed by atoms with van der Waals surface area (Å²) in [6, 6.07) is 9.45. The minimum atomic E-state index is -0.703. The number of esters is 1. The quantitative estimate of drug-likeness (QED) is 0.603. The van der Waals surface area contributed by atoms with Gasteiger partial charge in [-0.15, -0.1) is 11.3 Å². The number of nitrogens with two attached hydrogens (primary N) is 1. The SMILES string of the molecule is COC(=O)CC(NC(=O)CC(NC(N)=O)c1cccs1)c1ccc(C)cc1. The van der Waals surface area contributed by atoms with Gasteiger partial charge >= 0.3 is 12.0 Å². The molecule has 1 aromatic heterocycles. The number of hydrogen-bond acceptors (Lipinski definition) is 5. The Kier molecular flexibility index (Phi) is 7.36. The van der Waals surface area contributed by atoms with E-state index in [9.17, 15) is 14.4 Å². The summed E-state index contributed by atoms with van der Waals surface area (Å²) in [5, 5.41) is 7.30. The molecule has 0 aliphatic heterocycles. The Morgan fingerprint density at radius 1 is 1.07 bits per heavy atom. The second-order valence-corrected chi connectivity index (χ2v) is 7.07. The van der Waals surface area contributed by atoms with Crippen molar-refractivity contribution in [2.24, 2.45) is 5.73 Å². The van der Waals surface area contributed by atoms with Crippen molar-refractivity contribution in [2.45, 2.75) is 31.8 Å². The van der Waals surface area contributed by atoms with Crippen LogP contribution in [0.5, 0.6) is 0 Å². The van der Waals surface area contributed by atoms with Crippen LogP contribution in [0.2, 0.25) is 0 Å². The van der Waals surface area contributed by atoms with Gasteiger partial charge in [-0.25, -0.2) is 4.79 Å². The van der Waals surface area contributed by atoms with E-state index in [0.717, 1.165) is 16.0 Å². The van der Waals surface area contributed by atoms with Gasteiger partial charge in [0.05, 0.1) is 32.0 Å². The topological polar surface area (TPSA) is 111 Å². The summed E-state index contributed by atoms with van der Waals surface area (Å²) in [4.78, 5) is 36.4. The molecule has 0 saturated carbocycles. The Balaban J connectivity index is 2.12. The van der Waals surface area contributed by atoms with E-state index in [1.54, 1.807) is 0 Å². The molecular formula is C19H23N3O4S. The van der Waals surface area contributed by atoms with Gasteiger partial charge < -0.3 is 21.1 Å². The zero-order valence-corrected chi connectivity index (χ0v) is 16.0. The number of methoxy groups -OCH3 is 1. The lowest BCUT2D eigenvalue weighted by Gasteiger charge is -2.21. The third kappa shape index (κ3) is 6.41. The van der Waals surface area contributed by atoms with Crippen molar-refractivity contribution in [3.63, 3.8) is 0 Å². The van der Waals surface area contributed by atoms with E-state index in [2.05, 4.69) is 10.6 Å². The molecule has 7 nitrogen and oxygen atoms in total. The smallest absolute Gasteiger partial charge is 0.312 e. The number of carbonyl (C=O) groups is 3. The van der Waals surface area contributed by atoms with E-state index >= 15 is 0 Å². The number of carbonyl (C=O) groups excluding carboxylic acids is 3. The Bertz CT molecular complexity index is 775. The monoisotopic (exact) mass is 389 g/mol. The molecule has 144 valence electrons. The highest BCUT2D eigenvalue weighted by atomic mass is 32.1. The number of aryl methyl sites for hydroxylation is 1. The maximum Gasteiger partial charge on any atom is 0.312 e. The van der Waals surface area contributed by atoms with E-state index < -0.39 is 24.1 Å². The summed E-state index contributed by atoms with van der Waals surface area (Å²) in [5.74, 6) is -0.734. The van der Waals surface area contributed by atoms with Gasteiger partial charge in [0.2, 0.25) is 5.91 Å². The van der Waals surface area contributed by atoms with Crippen LogP contribution in [0.15, 0.2) is 41.8 Å². The van der Waals surface area contributed by atoms with Crippen LogP contribution in [-0.2, 0) is 14.3 Å². The zero-order chi connectivity index (χ0) is 19.8. The molecule has 0 aliphatic carbocycles. The van der Waals surface area contributed by atoms with Gasteiger partial charge in [0.1, 0.15) is 0 Å². The third-order valence-corrected chi connectivity index (χ3v) is 4.99. The number of primary amides is 1. The molecule has 0 fully saturated rings. The molecule has 1 heterocycles. The number of amides is 3. The lowest BCUT2D eigenvalue weighted by molar-refractivity contribution is -0.141. The van der Waals surface area contributed by atoms with Gasteiger partial charge in [-0.3, -0.25) is 9.59 Å². The molecule has 0 saturated heterocycles. The Morgan fingerprint density at radius 3 is 2.33 bits per heavy atom. The van der Waals surface area contributed by atoms with E-state index in [0.29, 0.717) is 0 Å². The van der Waals surface area contributed by atoms with Crippen molar-refractivity contribution >= 4 is 29.2 Å². The highest BCUT2D eigenvalue weighted by molar-refractivity contribution is 7.10. The van der Waals surface area contributed by atoms with Crippen LogP contribution in [0, 0.1) is 6.92 Å². The fraction of sp³-hybridized carbons (Fsp3) is 0.316. The van der Waals surface area contributed by atoms with Gasteiger partial charge in [0.25, 0.3) is 0 Å². The van der Waals surface area contributed by atoms with Crippen molar-refractivity contribution in [2.75, 3.05) is 7.11 Å². The normalized spacial score (nSPS) is 12.7. The summed E-state index contributed by atoms with van der Waals surface area (Å²) in [5.41, 5.74) is 7.10. The number of thiophene rings is 1. The van der Waals surface area contributed by atoms with E-state index in [-0.39, 0.29) is 18.7 Å². The van der Waals surface area contributed by atoms with Crippen molar-refractivity contribution < 1.29 is 19.1 Å². The van der Waals surface area contributed by atoms with Crippen LogP contribution in [0.25, 0.3) is 0 Å². The summed E-state index contributed by atoms with van der Waals surface area (Å²) < 4.78 is 4.74. The molecule has 2 aromatic rings. The molecule has 4 N–H and O–H groups in total. The molecule has 0 aliphatic rings. The van der Waals surface area contributed by atoms with Crippen LogP contribution in [0.1, 0.15) is 40.9 Å². The Hall–Kier alpha value is -2.87. The third-order valence-electron chi connectivity index (χ3n) is 4.01. The largest absolute Gasteiger partial charge is 0.469 e. The van der Waals surface area contributed by atoms with Crippen LogP contribution < -0.4 is 16.4 Å². The predicted octanol–water partition coefficient (Wildman–Crippen LogP) is 2.58. The lowest BCUT2D eigenvalue weighted by Crippen LogP contribution is -2.37. The predicted molar refractivity (Wildman–Crippen MR) is 103 cm³/mol. The van der Waals surface area contributed by atoms with E-state index in [1.807, 2.05) is 48.7 Å². The van der Waals surface area contributed by atoms with Crippen molar-refractivity contribution in [3.8, 4) is 0 Å². The van der Waals surface area contributed by atoms with Crippen LogP contribution in [0.3, 0.4) is 0 Å². The minimum Gasteiger partial charge on any atom is -0.469 e. The first-order valence-corrected chi connectivity index (χ1v) is 9.29. The fourth-order valence-electron chi connectivity index (χ4n) is 2.62. The summed E-state index contributed by atoms with van der Waals surface area (Å²) in [7, 11) is 1.31. The first-order valence-electron chi connectivity index (χ1n) is 8.41. The van der Waals surface area contributed by atoms with Crippen LogP contribution in [-0.4, -0.2) is 25.0 Å². The molecular weight excluding hydrogens is 366 g/mol. The molecule has 3 amide bonds. The molecule has 0 spiro atoms. The van der Waals surface area contributed by atoms with Gasteiger partial charge in [-0.2, -0.15) is 0 Å². The zero-order valence-electron chi connectivity index (χ0n) is 15.2. The molecule has 2 rings (SSSR count). The second kappa shape index (κ2) is 9.72. The van der Waals surface area contributed by atoms with Crippen LogP contribution in [0.4, 0.5) is 4.79 Å². The maximum absolute atomic E-state index is 12.6. The van der Waals surface area contributed by atoms with Crippen molar-refractivity contribution in [1.29, 1.82) is 0 Å².